The van der Waals surface area contributed by atoms with Crippen molar-refractivity contribution in [3.63, 3.8) is 0 Å². The lowest BCUT2D eigenvalue weighted by molar-refractivity contribution is 0.0290. The number of benzene rings is 1. The molecule has 2 amide bonds. The highest BCUT2D eigenvalue weighted by atomic mass is 16.7. The van der Waals surface area contributed by atoms with Crippen LogP contribution < -0.4 is 14.8 Å². The Morgan fingerprint density at radius 2 is 2.00 bits per heavy atom. The monoisotopic (exact) mass is 334 g/mol. The zero-order valence-corrected chi connectivity index (χ0v) is 14.1. The minimum atomic E-state index is -0.523. The first-order valence-electron chi connectivity index (χ1n) is 8.00. The van der Waals surface area contributed by atoms with Gasteiger partial charge in [-0.25, -0.2) is 4.79 Å². The standard InChI is InChI=1S/C17H22N2O5/c1-17(2,3)24-16(21)19-7-6-12(9-19)18-15(20)11-4-5-13-14(8-11)23-10-22-13/h4-5,8,12H,6-7,9-10H2,1-3H3,(H,18,20)/t12-/m0/s1. The maximum Gasteiger partial charge on any atom is 0.410 e. The lowest BCUT2D eigenvalue weighted by Crippen LogP contribution is -2.40. The third-order valence-electron chi connectivity index (χ3n) is 3.81. The van der Waals surface area contributed by atoms with Gasteiger partial charge in [0.1, 0.15) is 5.60 Å². The van der Waals surface area contributed by atoms with E-state index >= 15 is 0 Å². The van der Waals surface area contributed by atoms with E-state index in [1.807, 2.05) is 20.8 Å². The molecule has 130 valence electrons. The summed E-state index contributed by atoms with van der Waals surface area (Å²) in [6.45, 7) is 6.69. The molecule has 3 rings (SSSR count). The molecule has 0 saturated carbocycles. The summed E-state index contributed by atoms with van der Waals surface area (Å²) in [7, 11) is 0. The summed E-state index contributed by atoms with van der Waals surface area (Å²) in [5, 5.41) is 2.95. The molecule has 0 bridgehead atoms. The number of likely N-dealkylation sites (tertiary alicyclic amines) is 1. The number of carbonyl (C=O) groups excluding carboxylic acids is 2. The summed E-state index contributed by atoms with van der Waals surface area (Å²) >= 11 is 0. The van der Waals surface area contributed by atoms with E-state index in [0.29, 0.717) is 36.6 Å². The first-order chi connectivity index (χ1) is 11.3. The van der Waals surface area contributed by atoms with Crippen molar-refractivity contribution >= 4 is 12.0 Å². The number of nitrogens with one attached hydrogen (secondary N) is 1. The predicted molar refractivity (Wildman–Crippen MR) is 86.2 cm³/mol. The maximum atomic E-state index is 12.4. The highest BCUT2D eigenvalue weighted by Gasteiger charge is 2.30. The van der Waals surface area contributed by atoms with E-state index in [9.17, 15) is 9.59 Å². The lowest BCUT2D eigenvalue weighted by Gasteiger charge is -2.24. The summed E-state index contributed by atoms with van der Waals surface area (Å²) < 4.78 is 15.9. The van der Waals surface area contributed by atoms with Gasteiger partial charge in [0, 0.05) is 24.7 Å². The Labute approximate surface area is 140 Å². The zero-order valence-electron chi connectivity index (χ0n) is 14.1. The van der Waals surface area contributed by atoms with E-state index in [-0.39, 0.29) is 24.8 Å². The summed E-state index contributed by atoms with van der Waals surface area (Å²) in [4.78, 5) is 26.0. The summed E-state index contributed by atoms with van der Waals surface area (Å²) in [6, 6.07) is 5.00. The van der Waals surface area contributed by atoms with Gasteiger partial charge in [-0.2, -0.15) is 0 Å². The molecule has 1 aromatic rings. The second-order valence-corrected chi connectivity index (χ2v) is 6.95. The number of fused-ring (bicyclic) bond motifs is 1. The SMILES string of the molecule is CC(C)(C)OC(=O)N1CC[C@H](NC(=O)c2ccc3c(c2)OCO3)C1. The van der Waals surface area contributed by atoms with Crippen LogP contribution in [0.1, 0.15) is 37.6 Å². The molecule has 1 N–H and O–H groups in total. The number of hydrogen-bond donors (Lipinski definition) is 1. The number of nitrogens with zero attached hydrogens (tertiary/aromatic N) is 1. The molecule has 1 aromatic carbocycles. The third kappa shape index (κ3) is 3.72. The van der Waals surface area contributed by atoms with Crippen molar-refractivity contribution in [3.05, 3.63) is 23.8 Å². The summed E-state index contributed by atoms with van der Waals surface area (Å²) in [5.41, 5.74) is -0.0137. The minimum Gasteiger partial charge on any atom is -0.454 e. The molecule has 0 aliphatic carbocycles. The highest BCUT2D eigenvalue weighted by Crippen LogP contribution is 2.32. The van der Waals surface area contributed by atoms with Gasteiger partial charge in [0.2, 0.25) is 6.79 Å². The fraction of sp³-hybridized carbons (Fsp3) is 0.529. The number of hydrogen-bond acceptors (Lipinski definition) is 5. The second-order valence-electron chi connectivity index (χ2n) is 6.95. The van der Waals surface area contributed by atoms with Crippen molar-refractivity contribution < 1.29 is 23.8 Å². The second kappa shape index (κ2) is 6.22. The number of carbonyl (C=O) groups is 2. The van der Waals surface area contributed by atoms with Gasteiger partial charge in [0.15, 0.2) is 11.5 Å². The van der Waals surface area contributed by atoms with Crippen LogP contribution >= 0.6 is 0 Å². The smallest absolute Gasteiger partial charge is 0.410 e. The zero-order chi connectivity index (χ0) is 17.3. The fourth-order valence-electron chi connectivity index (χ4n) is 2.68. The number of ether oxygens (including phenoxy) is 3. The molecular weight excluding hydrogens is 312 g/mol. The minimum absolute atomic E-state index is 0.0876. The summed E-state index contributed by atoms with van der Waals surface area (Å²) in [6.07, 6.45) is 0.359. The van der Waals surface area contributed by atoms with Gasteiger partial charge in [-0.3, -0.25) is 4.79 Å². The fourth-order valence-corrected chi connectivity index (χ4v) is 2.68. The van der Waals surface area contributed by atoms with Gasteiger partial charge in [-0.05, 0) is 45.4 Å². The van der Waals surface area contributed by atoms with Crippen LogP contribution in [0.15, 0.2) is 18.2 Å². The molecule has 7 nitrogen and oxygen atoms in total. The van der Waals surface area contributed by atoms with Gasteiger partial charge in [0.25, 0.3) is 5.91 Å². The van der Waals surface area contributed by atoms with Crippen molar-refractivity contribution in [3.8, 4) is 11.5 Å². The molecule has 1 fully saturated rings. The molecule has 7 heteroatoms. The Kier molecular flexibility index (Phi) is 4.26. The normalized spacial score (nSPS) is 19.3. The van der Waals surface area contributed by atoms with Gasteiger partial charge in [-0.15, -0.1) is 0 Å². The molecule has 0 radical (unpaired) electrons. The molecule has 2 aliphatic rings. The maximum absolute atomic E-state index is 12.4. The Balaban J connectivity index is 1.55. The number of amides is 2. The topological polar surface area (TPSA) is 77.1 Å². The summed E-state index contributed by atoms with van der Waals surface area (Å²) in [5.74, 6) is 1.03. The Bertz CT molecular complexity index is 653. The van der Waals surface area contributed by atoms with Crippen molar-refractivity contribution in [2.45, 2.75) is 38.8 Å². The van der Waals surface area contributed by atoms with Gasteiger partial charge < -0.3 is 24.4 Å². The van der Waals surface area contributed by atoms with E-state index in [4.69, 9.17) is 14.2 Å². The van der Waals surface area contributed by atoms with Gasteiger partial charge in [0.05, 0.1) is 0 Å². The Morgan fingerprint density at radius 3 is 2.75 bits per heavy atom. The average molecular weight is 334 g/mol. The van der Waals surface area contributed by atoms with Gasteiger partial charge >= 0.3 is 6.09 Å². The number of rotatable bonds is 2. The first kappa shape index (κ1) is 16.4. The molecular formula is C17H22N2O5. The van der Waals surface area contributed by atoms with Crippen molar-refractivity contribution in [2.75, 3.05) is 19.9 Å². The Hall–Kier alpha value is -2.44. The largest absolute Gasteiger partial charge is 0.454 e. The van der Waals surface area contributed by atoms with Crippen LogP contribution in [0, 0.1) is 0 Å². The molecule has 2 aliphatic heterocycles. The average Bonchev–Trinajstić information content (AvgIpc) is 3.13. The predicted octanol–water partition coefficient (Wildman–Crippen LogP) is 2.15. The van der Waals surface area contributed by atoms with E-state index in [2.05, 4.69) is 5.32 Å². The molecule has 0 unspecified atom stereocenters. The van der Waals surface area contributed by atoms with Crippen molar-refractivity contribution in [1.29, 1.82) is 0 Å². The van der Waals surface area contributed by atoms with Crippen LogP contribution in [0.3, 0.4) is 0 Å². The highest BCUT2D eigenvalue weighted by molar-refractivity contribution is 5.95. The van der Waals surface area contributed by atoms with E-state index in [1.165, 1.54) is 0 Å². The van der Waals surface area contributed by atoms with Crippen LogP contribution in [0.2, 0.25) is 0 Å². The van der Waals surface area contributed by atoms with Crippen LogP contribution in [0.4, 0.5) is 4.79 Å². The molecule has 0 aromatic heterocycles. The molecule has 2 heterocycles. The van der Waals surface area contributed by atoms with Gasteiger partial charge in [-0.1, -0.05) is 0 Å². The van der Waals surface area contributed by atoms with Crippen molar-refractivity contribution in [2.24, 2.45) is 0 Å². The molecule has 24 heavy (non-hydrogen) atoms. The first-order valence-corrected chi connectivity index (χ1v) is 8.00. The van der Waals surface area contributed by atoms with Crippen LogP contribution in [0.5, 0.6) is 11.5 Å². The quantitative estimate of drug-likeness (QED) is 0.897. The van der Waals surface area contributed by atoms with E-state index < -0.39 is 5.60 Å². The van der Waals surface area contributed by atoms with Crippen molar-refractivity contribution in [1.82, 2.24) is 10.2 Å². The third-order valence-corrected chi connectivity index (χ3v) is 3.81. The van der Waals surface area contributed by atoms with Crippen LogP contribution in [0.25, 0.3) is 0 Å². The molecule has 1 atom stereocenters. The molecule has 0 spiro atoms. The Morgan fingerprint density at radius 1 is 1.25 bits per heavy atom. The van der Waals surface area contributed by atoms with E-state index in [0.717, 1.165) is 0 Å². The van der Waals surface area contributed by atoms with E-state index in [1.54, 1.807) is 23.1 Å². The lowest BCUT2D eigenvalue weighted by atomic mass is 10.1. The van der Waals surface area contributed by atoms with Crippen LogP contribution in [-0.4, -0.2) is 48.4 Å². The molecule has 1 saturated heterocycles. The van der Waals surface area contributed by atoms with Crippen LogP contribution in [-0.2, 0) is 4.74 Å².